The van der Waals surface area contributed by atoms with Crippen LogP contribution in [0.2, 0.25) is 5.04 Å². The maximum Gasteiger partial charge on any atom is 0.410 e. The van der Waals surface area contributed by atoms with Crippen LogP contribution in [0.5, 0.6) is 0 Å². The Morgan fingerprint density at radius 1 is 0.941 bits per heavy atom. The third kappa shape index (κ3) is 5.73. The van der Waals surface area contributed by atoms with E-state index in [9.17, 15) is 14.7 Å². The first kappa shape index (κ1) is 26.5. The Kier molecular flexibility index (Phi) is 8.27. The second kappa shape index (κ2) is 10.6. The van der Waals surface area contributed by atoms with Crippen molar-refractivity contribution in [1.29, 1.82) is 0 Å². The van der Waals surface area contributed by atoms with Gasteiger partial charge in [-0.05, 0) is 68.3 Å². The van der Waals surface area contributed by atoms with Crippen molar-refractivity contribution in [3.05, 3.63) is 60.7 Å². The van der Waals surface area contributed by atoms with Gasteiger partial charge in [0.05, 0.1) is 12.6 Å². The van der Waals surface area contributed by atoms with Crippen LogP contribution in [-0.2, 0) is 4.74 Å². The lowest BCUT2D eigenvalue weighted by atomic mass is 9.91. The van der Waals surface area contributed by atoms with Gasteiger partial charge in [-0.1, -0.05) is 74.5 Å². The maximum absolute atomic E-state index is 13.1. The van der Waals surface area contributed by atoms with Crippen molar-refractivity contribution < 1.29 is 19.4 Å². The third-order valence-corrected chi connectivity index (χ3v) is 11.7. The lowest BCUT2D eigenvalue weighted by Gasteiger charge is -2.45. The van der Waals surface area contributed by atoms with Gasteiger partial charge in [-0.15, -0.1) is 0 Å². The molecule has 2 unspecified atom stereocenters. The monoisotopic (exact) mass is 483 g/mol. The molecule has 0 saturated carbocycles. The Balaban J connectivity index is 1.89. The number of nitrogens with zero attached hydrogens (tertiary/aromatic N) is 1. The van der Waals surface area contributed by atoms with Crippen LogP contribution in [0.25, 0.3) is 0 Å². The van der Waals surface area contributed by atoms with Gasteiger partial charge in [0.15, 0.2) is 0 Å². The molecular weight excluding hydrogens is 442 g/mol. The van der Waals surface area contributed by atoms with E-state index in [0.717, 1.165) is 42.5 Å². The molecule has 1 amide bonds. The van der Waals surface area contributed by atoms with Gasteiger partial charge in [0, 0.05) is 6.04 Å². The largest absolute Gasteiger partial charge is 0.444 e. The summed E-state index contributed by atoms with van der Waals surface area (Å²) in [7, 11) is -3.11. The molecule has 1 aliphatic heterocycles. The van der Waals surface area contributed by atoms with Gasteiger partial charge < -0.3 is 14.6 Å². The molecule has 0 aliphatic carbocycles. The van der Waals surface area contributed by atoms with Crippen molar-refractivity contribution in [3.63, 3.8) is 0 Å². The molecule has 186 valence electrons. The normalized spacial score (nSPS) is 19.7. The Bertz CT molecular complexity index is 887. The molecule has 1 heterocycles. The van der Waals surface area contributed by atoms with Gasteiger partial charge in [-0.3, -0.25) is 4.90 Å². The Morgan fingerprint density at radius 2 is 1.44 bits per heavy atom. The molecule has 0 radical (unpaired) electrons. The number of benzene rings is 2. The first-order chi connectivity index (χ1) is 16.0. The van der Waals surface area contributed by atoms with Crippen molar-refractivity contribution in [3.8, 4) is 0 Å². The average Bonchev–Trinajstić information content (AvgIpc) is 2.81. The van der Waals surface area contributed by atoms with E-state index in [0.29, 0.717) is 0 Å². The highest BCUT2D eigenvalue weighted by molar-refractivity contribution is 6.98. The van der Waals surface area contributed by atoms with Crippen LogP contribution in [0.1, 0.15) is 66.7 Å². The second-order valence-electron chi connectivity index (χ2n) is 11.2. The number of piperidine rings is 1. The van der Waals surface area contributed by atoms with E-state index in [1.807, 2.05) is 81.4 Å². The summed E-state index contributed by atoms with van der Waals surface area (Å²) >= 11 is 0. The number of hydrogen-bond acceptors (Lipinski definition) is 4. The van der Waals surface area contributed by atoms with Gasteiger partial charge in [-0.2, -0.15) is 0 Å². The van der Waals surface area contributed by atoms with Crippen LogP contribution in [0, 0.1) is 0 Å². The van der Waals surface area contributed by atoms with E-state index in [1.54, 1.807) is 4.90 Å². The van der Waals surface area contributed by atoms with E-state index in [4.69, 9.17) is 4.74 Å². The molecule has 1 saturated heterocycles. The van der Waals surface area contributed by atoms with Gasteiger partial charge in [0.1, 0.15) is 5.60 Å². The Morgan fingerprint density at radius 3 is 1.91 bits per heavy atom. The molecule has 3 rings (SSSR count). The predicted molar refractivity (Wildman–Crippen MR) is 140 cm³/mol. The third-order valence-electron chi connectivity index (χ3n) is 7.14. The summed E-state index contributed by atoms with van der Waals surface area (Å²) < 4.78 is 5.71. The van der Waals surface area contributed by atoms with E-state index >= 15 is 0 Å². The average molecular weight is 484 g/mol. The highest BCUT2D eigenvalue weighted by Crippen LogP contribution is 2.42. The van der Waals surface area contributed by atoms with E-state index in [2.05, 4.69) is 13.8 Å². The summed E-state index contributed by atoms with van der Waals surface area (Å²) in [5.41, 5.74) is -0.591. The lowest BCUT2D eigenvalue weighted by molar-refractivity contribution is -0.0171. The van der Waals surface area contributed by atoms with Crippen molar-refractivity contribution in [2.75, 3.05) is 6.61 Å². The zero-order chi connectivity index (χ0) is 25.0. The minimum atomic E-state index is -3.11. The molecule has 2 aromatic rings. The van der Waals surface area contributed by atoms with Gasteiger partial charge in [-0.25, -0.2) is 4.79 Å². The summed E-state index contributed by atoms with van der Waals surface area (Å²) in [6.45, 7) is 9.85. The molecule has 5 nitrogen and oxygen atoms in total. The van der Waals surface area contributed by atoms with E-state index in [1.165, 1.54) is 0 Å². The smallest absolute Gasteiger partial charge is 0.410 e. The number of aliphatic hydroxyl groups excluding tert-OH is 1. The summed E-state index contributed by atoms with van der Waals surface area (Å²) in [6.07, 6.45) is 3.77. The van der Waals surface area contributed by atoms with Crippen LogP contribution >= 0.6 is 0 Å². The number of hydrogen-bond donors (Lipinski definition) is 2. The highest BCUT2D eigenvalue weighted by Gasteiger charge is 2.50. The fourth-order valence-electron chi connectivity index (χ4n) is 5.26. The summed E-state index contributed by atoms with van der Waals surface area (Å²) in [6, 6.07) is 19.8. The second-order valence-corrected chi connectivity index (χ2v) is 15.1. The minimum Gasteiger partial charge on any atom is -0.444 e. The number of ether oxygens (including phenoxy) is 1. The van der Waals surface area contributed by atoms with Crippen molar-refractivity contribution in [1.82, 2.24) is 4.90 Å². The minimum absolute atomic E-state index is 0.0233. The first-order valence-corrected chi connectivity index (χ1v) is 14.4. The zero-order valence-electron chi connectivity index (χ0n) is 21.3. The molecule has 0 bridgehead atoms. The highest BCUT2D eigenvalue weighted by atomic mass is 28.4. The van der Waals surface area contributed by atoms with Crippen LogP contribution < -0.4 is 10.4 Å². The summed E-state index contributed by atoms with van der Waals surface area (Å²) in [5, 5.41) is 11.6. The van der Waals surface area contributed by atoms with Crippen molar-refractivity contribution >= 4 is 24.8 Å². The molecule has 2 atom stereocenters. The molecule has 1 fully saturated rings. The van der Waals surface area contributed by atoms with Crippen LogP contribution in [0.4, 0.5) is 4.79 Å². The standard InChI is InChI=1S/C28H41NO4Si/c1-27(2,3)33-26(31)29-22(13-12-14-23(29)21-30)19-20-28(4,5)34(32,24-15-8-6-9-16-24)25-17-10-7-11-18-25/h6-11,15-18,22-23,30,32H,12-14,19-21H2,1-5H3. The SMILES string of the molecule is CC(C)(C)OC(=O)N1C(CO)CCCC1CCC(C)(C)[Si](O)(c1ccccc1)c1ccccc1. The summed E-state index contributed by atoms with van der Waals surface area (Å²) in [4.78, 5) is 27.3. The summed E-state index contributed by atoms with van der Waals surface area (Å²) in [5.74, 6) is 0. The fourth-order valence-corrected chi connectivity index (χ4v) is 9.01. The predicted octanol–water partition coefficient (Wildman–Crippen LogP) is 4.45. The van der Waals surface area contributed by atoms with E-state index in [-0.39, 0.29) is 29.8 Å². The number of rotatable bonds is 7. The number of carbonyl (C=O) groups excluding carboxylic acids is 1. The maximum atomic E-state index is 13.1. The molecule has 1 aliphatic rings. The molecular formula is C28H41NO4Si. The van der Waals surface area contributed by atoms with Crippen LogP contribution in [0.15, 0.2) is 60.7 Å². The van der Waals surface area contributed by atoms with Gasteiger partial charge in [0.25, 0.3) is 8.32 Å². The molecule has 0 spiro atoms. The molecule has 2 N–H and O–H groups in total. The topological polar surface area (TPSA) is 70.0 Å². The van der Waals surface area contributed by atoms with Gasteiger partial charge >= 0.3 is 6.09 Å². The molecule has 6 heteroatoms. The lowest BCUT2D eigenvalue weighted by Crippen LogP contribution is -2.65. The first-order valence-electron chi connectivity index (χ1n) is 12.5. The molecule has 0 aromatic heterocycles. The van der Waals surface area contributed by atoms with E-state index < -0.39 is 13.9 Å². The van der Waals surface area contributed by atoms with Crippen molar-refractivity contribution in [2.45, 2.75) is 89.4 Å². The number of amides is 1. The Labute approximate surface area is 205 Å². The number of likely N-dealkylation sites (tertiary alicyclic amines) is 1. The van der Waals surface area contributed by atoms with Gasteiger partial charge in [0.2, 0.25) is 0 Å². The fraction of sp³-hybridized carbons (Fsp3) is 0.536. The van der Waals surface area contributed by atoms with Crippen molar-refractivity contribution in [2.24, 2.45) is 0 Å². The van der Waals surface area contributed by atoms with Crippen LogP contribution in [-0.4, -0.2) is 53.5 Å². The quantitative estimate of drug-likeness (QED) is 0.571. The zero-order valence-corrected chi connectivity index (χ0v) is 22.3. The molecule has 2 aromatic carbocycles. The van der Waals surface area contributed by atoms with Crippen LogP contribution in [0.3, 0.4) is 0 Å². The number of carbonyl (C=O) groups is 1. The number of aliphatic hydroxyl groups is 1. The Hall–Kier alpha value is -2.15. The molecule has 34 heavy (non-hydrogen) atoms.